The van der Waals surface area contributed by atoms with Crippen LogP contribution >= 0.6 is 0 Å². The zero-order chi connectivity index (χ0) is 33.6. The minimum absolute atomic E-state index is 0.0668. The van der Waals surface area contributed by atoms with E-state index in [1.54, 1.807) is 0 Å². The van der Waals surface area contributed by atoms with Gasteiger partial charge in [0.25, 0.3) is 5.91 Å². The van der Waals surface area contributed by atoms with Gasteiger partial charge >= 0.3 is 8.80 Å². The third kappa shape index (κ3) is 13.6. The summed E-state index contributed by atoms with van der Waals surface area (Å²) in [5, 5.41) is 83.2. The van der Waals surface area contributed by atoms with Crippen LogP contribution in [0.5, 0.6) is 0 Å². The molecule has 0 aromatic carbocycles. The van der Waals surface area contributed by atoms with Gasteiger partial charge in [0.15, 0.2) is 37.3 Å². The lowest BCUT2D eigenvalue weighted by molar-refractivity contribution is -0.326. The fourth-order valence-corrected chi connectivity index (χ4v) is 19.1. The molecule has 0 aromatic heterocycles. The lowest BCUT2D eigenvalue weighted by Crippen LogP contribution is -2.62. The molecule has 1 aliphatic rings. The van der Waals surface area contributed by atoms with Crippen molar-refractivity contribution in [2.45, 2.75) is 127 Å². The molecule has 9 atom stereocenters. The maximum atomic E-state index is 12.8. The number of aliphatic hydroxyl groups excluding tert-OH is 8. The molecule has 0 aromatic rings. The second-order valence-corrected chi connectivity index (χ2v) is 30.7. The SMILES string of the molecule is C[Si](C)(C)O[Si](CCCNC(=O)[C@H](O)[C@@H](O)[C@H](O[C@@H]1O[C@H](CO)[C@@H](O)[C@H](O)[C@H]1O)[C@H](O)CO)(O[Si](C)(C)C)O[Si](C)(C)C. The van der Waals surface area contributed by atoms with Crippen molar-refractivity contribution in [2.24, 2.45) is 0 Å². The Bertz CT molecular complexity index is 813. The minimum atomic E-state index is -3.16. The van der Waals surface area contributed by atoms with Crippen LogP contribution in [0.25, 0.3) is 0 Å². The highest BCUT2D eigenvalue weighted by atomic mass is 28.5. The molecule has 19 heteroatoms. The van der Waals surface area contributed by atoms with E-state index in [4.69, 9.17) is 21.8 Å². The number of aliphatic hydroxyl groups is 8. The smallest absolute Gasteiger partial charge is 0.417 e. The Morgan fingerprint density at radius 2 is 1.30 bits per heavy atom. The molecule has 0 aliphatic carbocycles. The number of carbonyl (C=O) groups excluding carboxylic acids is 1. The van der Waals surface area contributed by atoms with E-state index in [2.05, 4.69) is 64.2 Å². The first-order valence-electron chi connectivity index (χ1n) is 14.4. The van der Waals surface area contributed by atoms with Crippen molar-refractivity contribution in [1.29, 1.82) is 0 Å². The van der Waals surface area contributed by atoms with Gasteiger partial charge in [0.2, 0.25) is 0 Å². The van der Waals surface area contributed by atoms with E-state index >= 15 is 0 Å². The summed E-state index contributed by atoms with van der Waals surface area (Å²) in [6.07, 6.45) is -16.2. The highest BCUT2D eigenvalue weighted by molar-refractivity contribution is 6.90. The van der Waals surface area contributed by atoms with Gasteiger partial charge in [0, 0.05) is 12.6 Å². The van der Waals surface area contributed by atoms with E-state index in [1.165, 1.54) is 0 Å². The molecule has 43 heavy (non-hydrogen) atoms. The van der Waals surface area contributed by atoms with E-state index < -0.39 is 108 Å². The normalized spacial score (nSPS) is 27.0. The molecule has 256 valence electrons. The van der Waals surface area contributed by atoms with Gasteiger partial charge in [-0.3, -0.25) is 4.79 Å². The molecule has 15 nitrogen and oxygen atoms in total. The van der Waals surface area contributed by atoms with Crippen molar-refractivity contribution in [3.05, 3.63) is 0 Å². The first kappa shape index (κ1) is 40.8. The fraction of sp³-hybridized carbons (Fsp3) is 0.958. The minimum Gasteiger partial charge on any atom is -0.417 e. The molecule has 9 N–H and O–H groups in total. The summed E-state index contributed by atoms with van der Waals surface area (Å²) in [4.78, 5) is 12.8. The first-order chi connectivity index (χ1) is 19.5. The van der Waals surface area contributed by atoms with Crippen LogP contribution in [0.1, 0.15) is 6.42 Å². The lowest BCUT2D eigenvalue weighted by atomic mass is 9.98. The Hall–Kier alpha value is -0.182. The number of hydrogen-bond donors (Lipinski definition) is 9. The molecule has 1 saturated heterocycles. The van der Waals surface area contributed by atoms with Crippen LogP contribution in [0, 0.1) is 0 Å². The Kier molecular flexibility index (Phi) is 15.8. The molecule has 0 bridgehead atoms. The largest absolute Gasteiger partial charge is 0.469 e. The van der Waals surface area contributed by atoms with E-state index in [9.17, 15) is 45.6 Å². The van der Waals surface area contributed by atoms with Crippen molar-refractivity contribution in [3.8, 4) is 0 Å². The highest BCUT2D eigenvalue weighted by Gasteiger charge is 2.50. The topological polar surface area (TPSA) is 237 Å². The van der Waals surface area contributed by atoms with Crippen LogP contribution in [-0.4, -0.2) is 155 Å². The van der Waals surface area contributed by atoms with Crippen molar-refractivity contribution < 1.29 is 67.5 Å². The Labute approximate surface area is 258 Å². The summed E-state index contributed by atoms with van der Waals surface area (Å²) in [5.74, 6) is -1.00. The summed E-state index contributed by atoms with van der Waals surface area (Å²) < 4.78 is 30.4. The number of nitrogens with one attached hydrogen (secondary N) is 1. The summed E-state index contributed by atoms with van der Waals surface area (Å²) in [5.41, 5.74) is 0. The summed E-state index contributed by atoms with van der Waals surface area (Å²) in [6.45, 7) is 16.8. The average molecular weight is 694 g/mol. The van der Waals surface area contributed by atoms with Gasteiger partial charge in [-0.1, -0.05) is 0 Å². The molecular weight excluding hydrogens is 639 g/mol. The van der Waals surface area contributed by atoms with Crippen molar-refractivity contribution in [1.82, 2.24) is 5.32 Å². The lowest BCUT2D eigenvalue weighted by Gasteiger charge is -2.43. The second kappa shape index (κ2) is 16.6. The van der Waals surface area contributed by atoms with Crippen LogP contribution in [0.3, 0.4) is 0 Å². The van der Waals surface area contributed by atoms with E-state index in [0.29, 0.717) is 12.5 Å². The van der Waals surface area contributed by atoms with Gasteiger partial charge in [0.05, 0.1) is 13.2 Å². The van der Waals surface area contributed by atoms with Crippen LogP contribution in [-0.2, 0) is 26.6 Å². The monoisotopic (exact) mass is 693 g/mol. The second-order valence-electron chi connectivity index (χ2n) is 13.7. The fourth-order valence-electron chi connectivity index (χ4n) is 4.41. The third-order valence-corrected chi connectivity index (χ3v) is 18.0. The summed E-state index contributed by atoms with van der Waals surface area (Å²) in [6, 6.07) is 0.414. The van der Waals surface area contributed by atoms with Crippen LogP contribution in [0.15, 0.2) is 0 Å². The number of rotatable bonds is 18. The summed E-state index contributed by atoms with van der Waals surface area (Å²) in [7, 11) is -9.48. The quantitative estimate of drug-likeness (QED) is 0.0572. The van der Waals surface area contributed by atoms with Crippen molar-refractivity contribution in [2.75, 3.05) is 19.8 Å². The molecule has 0 unspecified atom stereocenters. The number of ether oxygens (including phenoxy) is 2. The Balaban J connectivity index is 2.98. The Morgan fingerprint density at radius 1 is 0.814 bits per heavy atom. The van der Waals surface area contributed by atoms with Crippen LogP contribution in [0.2, 0.25) is 65.0 Å². The van der Waals surface area contributed by atoms with Crippen LogP contribution in [0.4, 0.5) is 0 Å². The molecule has 1 rings (SSSR count). The van der Waals surface area contributed by atoms with Gasteiger partial charge in [-0.25, -0.2) is 0 Å². The molecule has 0 radical (unpaired) electrons. The Morgan fingerprint density at radius 3 is 1.72 bits per heavy atom. The predicted molar refractivity (Wildman–Crippen MR) is 165 cm³/mol. The van der Waals surface area contributed by atoms with Gasteiger partial charge in [-0.15, -0.1) is 0 Å². The summed E-state index contributed by atoms with van der Waals surface area (Å²) >= 11 is 0. The van der Waals surface area contributed by atoms with Gasteiger partial charge < -0.3 is 68.0 Å². The number of amides is 1. The van der Waals surface area contributed by atoms with Gasteiger partial charge in [-0.05, 0) is 65.3 Å². The molecule has 1 aliphatic heterocycles. The van der Waals surface area contributed by atoms with Crippen molar-refractivity contribution >= 4 is 39.7 Å². The molecule has 1 fully saturated rings. The first-order valence-corrected chi connectivity index (χ1v) is 26.6. The molecule has 0 saturated carbocycles. The van der Waals surface area contributed by atoms with Crippen molar-refractivity contribution in [3.63, 3.8) is 0 Å². The van der Waals surface area contributed by atoms with E-state index in [-0.39, 0.29) is 6.54 Å². The number of carbonyl (C=O) groups is 1. The van der Waals surface area contributed by atoms with Crippen LogP contribution < -0.4 is 5.32 Å². The molecule has 0 spiro atoms. The molecular formula is C24H55NO14Si4. The van der Waals surface area contributed by atoms with Gasteiger partial charge in [0.1, 0.15) is 42.7 Å². The maximum absolute atomic E-state index is 12.8. The molecule has 1 amide bonds. The zero-order valence-electron chi connectivity index (χ0n) is 26.8. The molecule has 1 heterocycles. The maximum Gasteiger partial charge on any atom is 0.469 e. The predicted octanol–water partition coefficient (Wildman–Crippen LogP) is -1.75. The van der Waals surface area contributed by atoms with E-state index in [1.807, 2.05) is 0 Å². The standard InChI is InChI=1S/C24H55NO14Si4/c1-40(2,3)37-43(38-41(4,5)6,39-42(7,8)9)12-10-11-25-23(34)20(32)19(31)22(15(28)13-26)36-24-21(33)18(30)17(29)16(14-27)35-24/h15-22,24,26-33H,10-14H2,1-9H3,(H,25,34)/t15-,16-,17-,18+,19-,20-,21-,22-,24+/m1/s1. The van der Waals surface area contributed by atoms with E-state index in [0.717, 1.165) is 0 Å². The van der Waals surface area contributed by atoms with Gasteiger partial charge in [-0.2, -0.15) is 0 Å². The highest BCUT2D eigenvalue weighted by Crippen LogP contribution is 2.30. The average Bonchev–Trinajstić information content (AvgIpc) is 2.84. The third-order valence-electron chi connectivity index (χ3n) is 5.98. The zero-order valence-corrected chi connectivity index (χ0v) is 30.8. The number of hydrogen-bond acceptors (Lipinski definition) is 14.